The minimum atomic E-state index is -0.422. The number of nitrogens with one attached hydrogen (secondary N) is 1. The van der Waals surface area contributed by atoms with Crippen molar-refractivity contribution in [1.82, 2.24) is 14.9 Å². The van der Waals surface area contributed by atoms with Gasteiger partial charge in [-0.3, -0.25) is 9.59 Å². The van der Waals surface area contributed by atoms with Gasteiger partial charge in [0.2, 0.25) is 0 Å². The number of halogens is 1. The van der Waals surface area contributed by atoms with Crippen molar-refractivity contribution in [1.29, 1.82) is 0 Å². The SMILES string of the molecule is COCc1c(C(=O)NCc2csc(C)n2)c(=O)cc(C)n1CCc1cccc(Cl)c1. The molecule has 3 rings (SSSR count). The van der Waals surface area contributed by atoms with Crippen LogP contribution in [0.4, 0.5) is 0 Å². The van der Waals surface area contributed by atoms with E-state index < -0.39 is 5.91 Å². The predicted octanol–water partition coefficient (Wildman–Crippen LogP) is 3.89. The Morgan fingerprint density at radius 1 is 1.30 bits per heavy atom. The summed E-state index contributed by atoms with van der Waals surface area (Å²) in [6.45, 7) is 4.79. The molecular weight excluding hydrogens is 422 g/mol. The number of aryl methyl sites for hydroxylation is 3. The third-order valence-corrected chi connectivity index (χ3v) is 5.80. The molecule has 2 aromatic heterocycles. The van der Waals surface area contributed by atoms with Crippen LogP contribution in [0.2, 0.25) is 5.02 Å². The van der Waals surface area contributed by atoms with Gasteiger partial charge < -0.3 is 14.6 Å². The van der Waals surface area contributed by atoms with Crippen LogP contribution in [-0.2, 0) is 30.9 Å². The van der Waals surface area contributed by atoms with Crippen molar-refractivity contribution in [2.24, 2.45) is 0 Å². The number of carbonyl (C=O) groups excluding carboxylic acids is 1. The minimum absolute atomic E-state index is 0.112. The van der Waals surface area contributed by atoms with Gasteiger partial charge in [0.15, 0.2) is 5.43 Å². The number of ether oxygens (including phenoxy) is 1. The number of amides is 1. The molecule has 1 amide bonds. The average Bonchev–Trinajstić information content (AvgIpc) is 3.11. The minimum Gasteiger partial charge on any atom is -0.378 e. The molecule has 0 bridgehead atoms. The monoisotopic (exact) mass is 445 g/mol. The second-order valence-corrected chi connectivity index (χ2v) is 8.48. The predicted molar refractivity (Wildman–Crippen MR) is 119 cm³/mol. The number of pyridine rings is 1. The van der Waals surface area contributed by atoms with Gasteiger partial charge in [0.05, 0.1) is 29.5 Å². The van der Waals surface area contributed by atoms with Crippen molar-refractivity contribution in [2.45, 2.75) is 40.0 Å². The molecule has 8 heteroatoms. The molecular formula is C22H24ClN3O3S. The maximum absolute atomic E-state index is 12.9. The first kappa shape index (κ1) is 22.2. The topological polar surface area (TPSA) is 73.2 Å². The Kier molecular flexibility index (Phi) is 7.42. The quantitative estimate of drug-likeness (QED) is 0.570. The molecule has 158 valence electrons. The van der Waals surface area contributed by atoms with Gasteiger partial charge in [-0.05, 0) is 38.0 Å². The summed E-state index contributed by atoms with van der Waals surface area (Å²) in [6, 6.07) is 9.16. The molecule has 3 aromatic rings. The van der Waals surface area contributed by atoms with E-state index in [0.29, 0.717) is 23.7 Å². The highest BCUT2D eigenvalue weighted by Gasteiger charge is 2.20. The lowest BCUT2D eigenvalue weighted by atomic mass is 10.1. The Labute approximate surface area is 184 Å². The fraction of sp³-hybridized carbons (Fsp3) is 0.318. The molecule has 0 radical (unpaired) electrons. The first-order chi connectivity index (χ1) is 14.4. The van der Waals surface area contributed by atoms with Crippen molar-refractivity contribution in [3.8, 4) is 0 Å². The largest absolute Gasteiger partial charge is 0.378 e. The van der Waals surface area contributed by atoms with Crippen LogP contribution in [0.5, 0.6) is 0 Å². The summed E-state index contributed by atoms with van der Waals surface area (Å²) >= 11 is 7.61. The summed E-state index contributed by atoms with van der Waals surface area (Å²) in [7, 11) is 1.55. The van der Waals surface area contributed by atoms with Crippen LogP contribution in [-0.4, -0.2) is 22.6 Å². The summed E-state index contributed by atoms with van der Waals surface area (Å²) in [6.07, 6.45) is 0.708. The molecule has 0 spiro atoms. The average molecular weight is 446 g/mol. The van der Waals surface area contributed by atoms with E-state index in [-0.39, 0.29) is 24.1 Å². The number of aromatic nitrogens is 2. The number of methoxy groups -OCH3 is 1. The highest BCUT2D eigenvalue weighted by atomic mass is 35.5. The second kappa shape index (κ2) is 10.0. The van der Waals surface area contributed by atoms with Crippen LogP contribution >= 0.6 is 22.9 Å². The van der Waals surface area contributed by atoms with Crippen LogP contribution in [0.1, 0.15) is 38.0 Å². The summed E-state index contributed by atoms with van der Waals surface area (Å²) in [5.41, 5.74) is 2.99. The Hall–Kier alpha value is -2.48. The highest BCUT2D eigenvalue weighted by molar-refractivity contribution is 7.09. The first-order valence-electron chi connectivity index (χ1n) is 9.55. The number of hydrogen-bond acceptors (Lipinski definition) is 5. The van der Waals surface area contributed by atoms with Gasteiger partial charge in [0, 0.05) is 35.8 Å². The van der Waals surface area contributed by atoms with Crippen molar-refractivity contribution >= 4 is 28.8 Å². The van der Waals surface area contributed by atoms with Gasteiger partial charge in [-0.1, -0.05) is 23.7 Å². The van der Waals surface area contributed by atoms with Crippen LogP contribution < -0.4 is 10.7 Å². The first-order valence-corrected chi connectivity index (χ1v) is 10.8. The van der Waals surface area contributed by atoms with Crippen molar-refractivity contribution in [3.63, 3.8) is 0 Å². The fourth-order valence-corrected chi connectivity index (χ4v) is 4.18. The molecule has 0 saturated carbocycles. The number of carbonyl (C=O) groups is 1. The van der Waals surface area contributed by atoms with E-state index >= 15 is 0 Å². The van der Waals surface area contributed by atoms with E-state index in [1.54, 1.807) is 7.11 Å². The highest BCUT2D eigenvalue weighted by Crippen LogP contribution is 2.16. The molecule has 0 aliphatic heterocycles. The lowest BCUT2D eigenvalue weighted by Crippen LogP contribution is -2.33. The maximum atomic E-state index is 12.9. The number of hydrogen-bond donors (Lipinski definition) is 1. The Morgan fingerprint density at radius 2 is 2.10 bits per heavy atom. The zero-order valence-corrected chi connectivity index (χ0v) is 18.8. The van der Waals surface area contributed by atoms with Gasteiger partial charge in [0.25, 0.3) is 5.91 Å². The molecule has 30 heavy (non-hydrogen) atoms. The Morgan fingerprint density at radius 3 is 2.77 bits per heavy atom. The third-order valence-electron chi connectivity index (χ3n) is 4.74. The number of nitrogens with zero attached hydrogens (tertiary/aromatic N) is 2. The molecule has 1 aromatic carbocycles. The maximum Gasteiger partial charge on any atom is 0.257 e. The molecule has 6 nitrogen and oxygen atoms in total. The molecule has 2 heterocycles. The molecule has 0 atom stereocenters. The van der Waals surface area contributed by atoms with E-state index in [2.05, 4.69) is 10.3 Å². The van der Waals surface area contributed by atoms with Crippen molar-refractivity contribution < 1.29 is 9.53 Å². The Balaban J connectivity index is 1.88. The van der Waals surface area contributed by atoms with Crippen LogP contribution in [0.15, 0.2) is 40.5 Å². The zero-order chi connectivity index (χ0) is 21.7. The zero-order valence-electron chi connectivity index (χ0n) is 17.2. The van der Waals surface area contributed by atoms with Crippen molar-refractivity contribution in [3.05, 3.63) is 84.2 Å². The second-order valence-electron chi connectivity index (χ2n) is 6.98. The fourth-order valence-electron chi connectivity index (χ4n) is 3.35. The number of rotatable bonds is 8. The van der Waals surface area contributed by atoms with Crippen LogP contribution in [0.25, 0.3) is 0 Å². The van der Waals surface area contributed by atoms with E-state index in [1.165, 1.54) is 17.4 Å². The molecule has 0 aliphatic rings. The Bertz CT molecular complexity index is 1110. The summed E-state index contributed by atoms with van der Waals surface area (Å²) in [5.74, 6) is -0.422. The van der Waals surface area contributed by atoms with Gasteiger partial charge >= 0.3 is 0 Å². The molecule has 1 N–H and O–H groups in total. The van der Waals surface area contributed by atoms with Crippen LogP contribution in [0, 0.1) is 13.8 Å². The van der Waals surface area contributed by atoms with E-state index in [1.807, 2.05) is 48.1 Å². The van der Waals surface area contributed by atoms with Gasteiger partial charge in [-0.15, -0.1) is 11.3 Å². The summed E-state index contributed by atoms with van der Waals surface area (Å²) < 4.78 is 7.30. The normalized spacial score (nSPS) is 10.9. The van der Waals surface area contributed by atoms with Crippen LogP contribution in [0.3, 0.4) is 0 Å². The van der Waals surface area contributed by atoms with Gasteiger partial charge in [-0.2, -0.15) is 0 Å². The van der Waals surface area contributed by atoms with E-state index in [4.69, 9.17) is 16.3 Å². The number of benzene rings is 1. The van der Waals surface area contributed by atoms with Gasteiger partial charge in [0.1, 0.15) is 5.56 Å². The number of thiazole rings is 1. The lowest BCUT2D eigenvalue weighted by molar-refractivity contribution is 0.0941. The third kappa shape index (κ3) is 5.36. The summed E-state index contributed by atoms with van der Waals surface area (Å²) in [5, 5.41) is 6.32. The smallest absolute Gasteiger partial charge is 0.257 e. The van der Waals surface area contributed by atoms with E-state index in [0.717, 1.165) is 22.0 Å². The molecule has 0 saturated heterocycles. The standard InChI is InChI=1S/C22H24ClN3O3S/c1-14-9-20(27)21(22(28)24-11-18-13-30-15(2)25-18)19(12-29-3)26(14)8-7-16-5-4-6-17(23)10-16/h4-6,9-10,13H,7-8,11-12H2,1-3H3,(H,24,28). The van der Waals surface area contributed by atoms with E-state index in [9.17, 15) is 9.59 Å². The molecule has 0 unspecified atom stereocenters. The summed E-state index contributed by atoms with van der Waals surface area (Å²) in [4.78, 5) is 29.9. The molecule has 0 fully saturated rings. The van der Waals surface area contributed by atoms with Gasteiger partial charge in [-0.25, -0.2) is 4.98 Å². The lowest BCUT2D eigenvalue weighted by Gasteiger charge is -2.19. The molecule has 0 aliphatic carbocycles. The van der Waals surface area contributed by atoms with Crippen molar-refractivity contribution in [2.75, 3.05) is 7.11 Å².